The number of nitrogens with zero attached hydrogens (tertiary/aromatic N) is 1. The predicted molar refractivity (Wildman–Crippen MR) is 57.5 cm³/mol. The summed E-state index contributed by atoms with van der Waals surface area (Å²) >= 11 is 0. The highest BCUT2D eigenvalue weighted by atomic mass is 16.5. The van der Waals surface area contributed by atoms with Crippen molar-refractivity contribution in [2.45, 2.75) is 19.9 Å². The molecule has 1 aromatic heterocycles. The number of benzene rings is 1. The van der Waals surface area contributed by atoms with Crippen molar-refractivity contribution in [2.75, 3.05) is 0 Å². The molecule has 5 nitrogen and oxygen atoms in total. The van der Waals surface area contributed by atoms with Gasteiger partial charge < -0.3 is 9.63 Å². The lowest BCUT2D eigenvalue weighted by Gasteiger charge is -2.02. The molecule has 0 saturated carbocycles. The lowest BCUT2D eigenvalue weighted by atomic mass is 10.1. The van der Waals surface area contributed by atoms with Gasteiger partial charge in [-0.25, -0.2) is 9.53 Å². The first-order chi connectivity index (χ1) is 7.63. The van der Waals surface area contributed by atoms with Gasteiger partial charge in [-0.05, 0) is 18.6 Å². The van der Waals surface area contributed by atoms with Crippen LogP contribution in [-0.4, -0.2) is 15.8 Å². The van der Waals surface area contributed by atoms with Crippen LogP contribution in [0.25, 0.3) is 10.9 Å². The molecule has 1 aromatic carbocycles. The van der Waals surface area contributed by atoms with Crippen LogP contribution in [0.2, 0.25) is 0 Å². The molecule has 0 atom stereocenters. The summed E-state index contributed by atoms with van der Waals surface area (Å²) in [6.45, 7) is 2.33. The standard InChI is InChI=1S/C11H11NO4/c1-2-12-10-7(6-9(13)14)4-3-5-8(10)11(15)16-12/h3-5H,2,6H2,1H3,(H,13,14). The van der Waals surface area contributed by atoms with Crippen LogP contribution in [0.1, 0.15) is 12.5 Å². The molecule has 84 valence electrons. The molecule has 0 spiro atoms. The summed E-state index contributed by atoms with van der Waals surface area (Å²) in [5, 5.41) is 9.21. The molecule has 16 heavy (non-hydrogen) atoms. The topological polar surface area (TPSA) is 72.4 Å². The summed E-state index contributed by atoms with van der Waals surface area (Å²) in [5.41, 5.74) is 0.749. The zero-order valence-corrected chi connectivity index (χ0v) is 8.77. The SMILES string of the molecule is CCn1oc(=O)c2cccc(CC(=O)O)c21. The van der Waals surface area contributed by atoms with E-state index in [0.717, 1.165) is 0 Å². The molecule has 1 heterocycles. The van der Waals surface area contributed by atoms with E-state index in [4.69, 9.17) is 9.63 Å². The average molecular weight is 221 g/mol. The molecular weight excluding hydrogens is 210 g/mol. The van der Waals surface area contributed by atoms with Crippen molar-refractivity contribution < 1.29 is 14.4 Å². The van der Waals surface area contributed by atoms with Crippen LogP contribution in [0.5, 0.6) is 0 Å². The summed E-state index contributed by atoms with van der Waals surface area (Å²) in [7, 11) is 0. The molecule has 0 aliphatic rings. The van der Waals surface area contributed by atoms with Crippen LogP contribution in [-0.2, 0) is 17.8 Å². The van der Waals surface area contributed by atoms with E-state index in [1.54, 1.807) is 18.2 Å². The molecule has 5 heteroatoms. The van der Waals surface area contributed by atoms with Gasteiger partial charge in [0.1, 0.15) is 0 Å². The number of para-hydroxylation sites is 1. The number of fused-ring (bicyclic) bond motifs is 1. The Hall–Kier alpha value is -2.04. The van der Waals surface area contributed by atoms with Crippen LogP contribution in [0.3, 0.4) is 0 Å². The fourth-order valence-electron chi connectivity index (χ4n) is 1.77. The van der Waals surface area contributed by atoms with E-state index in [-0.39, 0.29) is 6.42 Å². The van der Waals surface area contributed by atoms with Crippen LogP contribution in [0.15, 0.2) is 27.5 Å². The Morgan fingerprint density at radius 3 is 2.88 bits per heavy atom. The van der Waals surface area contributed by atoms with Gasteiger partial charge >= 0.3 is 11.6 Å². The number of aliphatic carboxylic acids is 1. The third kappa shape index (κ3) is 1.60. The Bertz CT molecular complexity index is 594. The third-order valence-corrected chi connectivity index (χ3v) is 2.41. The highest BCUT2D eigenvalue weighted by molar-refractivity contribution is 5.85. The molecular formula is C11H11NO4. The van der Waals surface area contributed by atoms with Gasteiger partial charge in [0.25, 0.3) is 0 Å². The van der Waals surface area contributed by atoms with Gasteiger partial charge in [-0.1, -0.05) is 12.1 Å². The van der Waals surface area contributed by atoms with E-state index >= 15 is 0 Å². The van der Waals surface area contributed by atoms with Crippen molar-refractivity contribution in [2.24, 2.45) is 0 Å². The Kier molecular flexibility index (Phi) is 2.52. The van der Waals surface area contributed by atoms with Crippen LogP contribution >= 0.6 is 0 Å². The molecule has 0 radical (unpaired) electrons. The van der Waals surface area contributed by atoms with Gasteiger partial charge in [-0.15, -0.1) is 0 Å². The van der Waals surface area contributed by atoms with Crippen molar-refractivity contribution >= 4 is 16.9 Å². The van der Waals surface area contributed by atoms with E-state index in [9.17, 15) is 9.59 Å². The van der Waals surface area contributed by atoms with Gasteiger partial charge in [0.2, 0.25) is 0 Å². The number of rotatable bonds is 3. The third-order valence-electron chi connectivity index (χ3n) is 2.41. The van der Waals surface area contributed by atoms with Crippen molar-refractivity contribution in [3.8, 4) is 0 Å². The molecule has 0 aliphatic heterocycles. The minimum absolute atomic E-state index is 0.115. The Morgan fingerprint density at radius 1 is 1.50 bits per heavy atom. The van der Waals surface area contributed by atoms with Gasteiger partial charge in [-0.3, -0.25) is 4.79 Å². The number of aromatic nitrogens is 1. The maximum absolute atomic E-state index is 11.5. The van der Waals surface area contributed by atoms with Gasteiger partial charge in [-0.2, -0.15) is 0 Å². The molecule has 1 N–H and O–H groups in total. The first-order valence-electron chi connectivity index (χ1n) is 4.97. The second kappa shape index (κ2) is 3.84. The van der Waals surface area contributed by atoms with E-state index in [2.05, 4.69) is 0 Å². The molecule has 0 fully saturated rings. The maximum Gasteiger partial charge on any atom is 0.365 e. The normalized spacial score (nSPS) is 10.8. The Labute approximate surface area is 90.9 Å². The summed E-state index contributed by atoms with van der Waals surface area (Å²) < 4.78 is 6.43. The average Bonchev–Trinajstić information content (AvgIpc) is 2.56. The number of carbonyl (C=O) groups is 1. The fourth-order valence-corrected chi connectivity index (χ4v) is 1.77. The zero-order chi connectivity index (χ0) is 11.7. The number of hydrogen-bond acceptors (Lipinski definition) is 3. The largest absolute Gasteiger partial charge is 0.481 e. The van der Waals surface area contributed by atoms with E-state index < -0.39 is 11.6 Å². The lowest BCUT2D eigenvalue weighted by molar-refractivity contribution is -0.136. The highest BCUT2D eigenvalue weighted by Gasteiger charge is 2.13. The first kappa shape index (κ1) is 10.5. The van der Waals surface area contributed by atoms with Crippen molar-refractivity contribution in [1.29, 1.82) is 0 Å². The lowest BCUT2D eigenvalue weighted by Crippen LogP contribution is -2.03. The van der Waals surface area contributed by atoms with E-state index in [1.165, 1.54) is 4.74 Å². The second-order valence-electron chi connectivity index (χ2n) is 3.46. The molecule has 0 aliphatic carbocycles. The summed E-state index contributed by atoms with van der Waals surface area (Å²) in [6.07, 6.45) is -0.115. The summed E-state index contributed by atoms with van der Waals surface area (Å²) in [5.74, 6) is -0.927. The Balaban J connectivity index is 2.74. The predicted octanol–water partition coefficient (Wildman–Crippen LogP) is 1.24. The summed E-state index contributed by atoms with van der Waals surface area (Å²) in [6, 6.07) is 4.99. The number of hydrogen-bond donors (Lipinski definition) is 1. The smallest absolute Gasteiger partial charge is 0.365 e. The Morgan fingerprint density at radius 2 is 2.25 bits per heavy atom. The van der Waals surface area contributed by atoms with Crippen molar-refractivity contribution in [3.63, 3.8) is 0 Å². The minimum Gasteiger partial charge on any atom is -0.481 e. The van der Waals surface area contributed by atoms with Crippen LogP contribution in [0.4, 0.5) is 0 Å². The molecule has 0 saturated heterocycles. The number of carboxylic acid groups (broad SMARTS) is 1. The molecule has 0 bridgehead atoms. The molecule has 0 amide bonds. The monoisotopic (exact) mass is 221 g/mol. The van der Waals surface area contributed by atoms with Crippen molar-refractivity contribution in [3.05, 3.63) is 34.2 Å². The highest BCUT2D eigenvalue weighted by Crippen LogP contribution is 2.17. The maximum atomic E-state index is 11.5. The molecule has 0 unspecified atom stereocenters. The number of aryl methyl sites for hydroxylation is 1. The van der Waals surface area contributed by atoms with Crippen LogP contribution in [0, 0.1) is 0 Å². The van der Waals surface area contributed by atoms with Gasteiger partial charge in [0.15, 0.2) is 0 Å². The van der Waals surface area contributed by atoms with Crippen LogP contribution < -0.4 is 5.63 Å². The fraction of sp³-hybridized carbons (Fsp3) is 0.273. The molecule has 2 aromatic rings. The first-order valence-corrected chi connectivity index (χ1v) is 4.97. The van der Waals surface area contributed by atoms with E-state index in [1.807, 2.05) is 6.92 Å². The second-order valence-corrected chi connectivity index (χ2v) is 3.46. The summed E-state index contributed by atoms with van der Waals surface area (Å²) in [4.78, 5) is 22.2. The van der Waals surface area contributed by atoms with Gasteiger partial charge in [0.05, 0.1) is 23.9 Å². The number of carboxylic acids is 1. The zero-order valence-electron chi connectivity index (χ0n) is 8.77. The van der Waals surface area contributed by atoms with Crippen molar-refractivity contribution in [1.82, 2.24) is 4.74 Å². The minimum atomic E-state index is -0.927. The molecule has 2 rings (SSSR count). The van der Waals surface area contributed by atoms with E-state index in [0.29, 0.717) is 23.0 Å². The van der Waals surface area contributed by atoms with Gasteiger partial charge in [0, 0.05) is 0 Å². The quantitative estimate of drug-likeness (QED) is 0.846.